The van der Waals surface area contributed by atoms with Gasteiger partial charge in [-0.1, -0.05) is 0 Å². The summed E-state index contributed by atoms with van der Waals surface area (Å²) in [5.41, 5.74) is -0.841. The Morgan fingerprint density at radius 3 is 2.29 bits per heavy atom. The molecule has 2 amide bonds. The number of carbonyl (C=O) groups is 2. The molecule has 8 nitrogen and oxygen atoms in total. The lowest BCUT2D eigenvalue weighted by molar-refractivity contribution is -0.141. The highest BCUT2D eigenvalue weighted by Crippen LogP contribution is 2.34. The topological polar surface area (TPSA) is 85.7 Å². The first kappa shape index (κ1) is 21.1. The van der Waals surface area contributed by atoms with Crippen LogP contribution in [0.5, 0.6) is 11.5 Å². The smallest absolute Gasteiger partial charge is 0.435 e. The molecule has 0 atom stereocenters. The number of carbonyl (C=O) groups excluding carboxylic acids is 2. The molecular formula is C17H19F3N4O4. The van der Waals surface area contributed by atoms with Crippen LogP contribution in [0.4, 0.5) is 18.9 Å². The molecule has 28 heavy (non-hydrogen) atoms. The van der Waals surface area contributed by atoms with Gasteiger partial charge in [-0.3, -0.25) is 14.3 Å². The Kier molecular flexibility index (Phi) is 6.16. The summed E-state index contributed by atoms with van der Waals surface area (Å²) >= 11 is 0. The second-order valence-corrected chi connectivity index (χ2v) is 5.90. The molecule has 2 rings (SSSR count). The molecule has 152 valence electrons. The molecule has 0 fully saturated rings. The second-order valence-electron chi connectivity index (χ2n) is 5.90. The Labute approximate surface area is 158 Å². The lowest BCUT2D eigenvalue weighted by Crippen LogP contribution is -2.25. The van der Waals surface area contributed by atoms with Crippen molar-refractivity contribution < 1.29 is 32.2 Å². The van der Waals surface area contributed by atoms with Gasteiger partial charge in [0.15, 0.2) is 17.2 Å². The van der Waals surface area contributed by atoms with Crippen LogP contribution in [-0.2, 0) is 17.5 Å². The molecule has 0 spiro atoms. The quantitative estimate of drug-likeness (QED) is 0.804. The van der Waals surface area contributed by atoms with Gasteiger partial charge in [0.05, 0.1) is 25.5 Å². The summed E-state index contributed by atoms with van der Waals surface area (Å²) in [7, 11) is 5.86. The first-order valence-electron chi connectivity index (χ1n) is 7.95. The number of hydrogen-bond acceptors (Lipinski definition) is 5. The van der Waals surface area contributed by atoms with E-state index in [1.165, 1.54) is 45.3 Å². The average Bonchev–Trinajstić information content (AvgIpc) is 3.09. The lowest BCUT2D eigenvalue weighted by atomic mass is 10.1. The number of hydrogen-bond donors (Lipinski definition) is 1. The van der Waals surface area contributed by atoms with Gasteiger partial charge in [-0.15, -0.1) is 0 Å². The van der Waals surface area contributed by atoms with E-state index in [0.717, 1.165) is 16.9 Å². The number of rotatable bonds is 6. The van der Waals surface area contributed by atoms with E-state index < -0.39 is 30.2 Å². The molecule has 1 N–H and O–H groups in total. The van der Waals surface area contributed by atoms with Crippen molar-refractivity contribution in [3.8, 4) is 11.5 Å². The number of methoxy groups -OCH3 is 2. The van der Waals surface area contributed by atoms with Crippen LogP contribution in [0.15, 0.2) is 24.4 Å². The third kappa shape index (κ3) is 4.72. The maximum absolute atomic E-state index is 12.6. The van der Waals surface area contributed by atoms with Crippen molar-refractivity contribution >= 4 is 17.5 Å². The predicted molar refractivity (Wildman–Crippen MR) is 93.4 cm³/mol. The van der Waals surface area contributed by atoms with E-state index in [4.69, 9.17) is 9.47 Å². The van der Waals surface area contributed by atoms with Crippen LogP contribution in [0.25, 0.3) is 0 Å². The van der Waals surface area contributed by atoms with E-state index in [0.29, 0.717) is 0 Å². The molecule has 0 radical (unpaired) electrons. The summed E-state index contributed by atoms with van der Waals surface area (Å²) < 4.78 is 49.0. The largest absolute Gasteiger partial charge is 0.493 e. The standard InChI is InChI=1S/C17H19F3N4O4/c1-23(2)16(26)10-7-12(27-3)13(28-4)8-11(10)21-15(25)9-24-6-5-14(22-24)17(18,19)20/h5-8H,9H2,1-4H3,(H,21,25). The van der Waals surface area contributed by atoms with E-state index in [-0.39, 0.29) is 22.7 Å². The molecule has 0 saturated carbocycles. The second kappa shape index (κ2) is 8.19. The molecule has 1 aromatic carbocycles. The number of alkyl halides is 3. The van der Waals surface area contributed by atoms with Crippen LogP contribution >= 0.6 is 0 Å². The normalized spacial score (nSPS) is 11.1. The van der Waals surface area contributed by atoms with Gasteiger partial charge in [-0.2, -0.15) is 18.3 Å². The van der Waals surface area contributed by atoms with Crippen molar-refractivity contribution in [1.29, 1.82) is 0 Å². The van der Waals surface area contributed by atoms with Gasteiger partial charge in [0.1, 0.15) is 6.54 Å². The average molecular weight is 400 g/mol. The molecule has 11 heteroatoms. The fourth-order valence-electron chi connectivity index (χ4n) is 2.34. The number of nitrogens with zero attached hydrogens (tertiary/aromatic N) is 3. The molecule has 1 heterocycles. The first-order chi connectivity index (χ1) is 13.1. The van der Waals surface area contributed by atoms with Gasteiger partial charge < -0.3 is 19.7 Å². The van der Waals surface area contributed by atoms with Crippen molar-refractivity contribution in [2.45, 2.75) is 12.7 Å². The molecule has 0 unspecified atom stereocenters. The summed E-state index contributed by atoms with van der Waals surface area (Å²) in [5.74, 6) is -0.523. The van der Waals surface area contributed by atoms with Crippen LogP contribution in [-0.4, -0.2) is 54.8 Å². The minimum Gasteiger partial charge on any atom is -0.493 e. The van der Waals surface area contributed by atoms with Crippen LogP contribution in [0.1, 0.15) is 16.1 Å². The minimum absolute atomic E-state index is 0.129. The summed E-state index contributed by atoms with van der Waals surface area (Å²) in [6.07, 6.45) is -3.56. The maximum Gasteiger partial charge on any atom is 0.435 e. The number of aromatic nitrogens is 2. The van der Waals surface area contributed by atoms with E-state index >= 15 is 0 Å². The molecule has 0 saturated heterocycles. The molecule has 0 aliphatic heterocycles. The van der Waals surface area contributed by atoms with E-state index in [1.807, 2.05) is 0 Å². The molecule has 0 aliphatic rings. The fourth-order valence-corrected chi connectivity index (χ4v) is 2.34. The number of ether oxygens (including phenoxy) is 2. The Bertz CT molecular complexity index is 878. The van der Waals surface area contributed by atoms with Gasteiger partial charge in [0, 0.05) is 26.4 Å². The van der Waals surface area contributed by atoms with Gasteiger partial charge in [-0.05, 0) is 12.1 Å². The lowest BCUT2D eigenvalue weighted by Gasteiger charge is -2.18. The van der Waals surface area contributed by atoms with E-state index in [1.54, 1.807) is 0 Å². The monoisotopic (exact) mass is 400 g/mol. The SMILES string of the molecule is COc1cc(NC(=O)Cn2ccc(C(F)(F)F)n2)c(C(=O)N(C)C)cc1OC. The molecular weight excluding hydrogens is 381 g/mol. The van der Waals surface area contributed by atoms with Crippen molar-refractivity contribution in [3.63, 3.8) is 0 Å². The number of amides is 2. The zero-order valence-corrected chi connectivity index (χ0v) is 15.6. The Hall–Kier alpha value is -3.24. The summed E-state index contributed by atoms with van der Waals surface area (Å²) in [6.45, 7) is -0.472. The summed E-state index contributed by atoms with van der Waals surface area (Å²) in [6, 6.07) is 3.58. The van der Waals surface area contributed by atoms with E-state index in [2.05, 4.69) is 10.4 Å². The molecule has 1 aromatic heterocycles. The number of halogens is 3. The van der Waals surface area contributed by atoms with Crippen molar-refractivity contribution in [1.82, 2.24) is 14.7 Å². The van der Waals surface area contributed by atoms with Gasteiger partial charge in [0.25, 0.3) is 5.91 Å². The molecule has 0 aliphatic carbocycles. The number of nitrogens with one attached hydrogen (secondary N) is 1. The first-order valence-corrected chi connectivity index (χ1v) is 7.95. The Morgan fingerprint density at radius 1 is 1.18 bits per heavy atom. The minimum atomic E-state index is -4.60. The van der Waals surface area contributed by atoms with Crippen molar-refractivity contribution in [2.75, 3.05) is 33.6 Å². The molecule has 0 bridgehead atoms. The van der Waals surface area contributed by atoms with Crippen LogP contribution in [0, 0.1) is 0 Å². The zero-order valence-electron chi connectivity index (χ0n) is 15.6. The number of benzene rings is 1. The molecule has 2 aromatic rings. The summed E-state index contributed by atoms with van der Waals surface area (Å²) in [4.78, 5) is 26.0. The highest BCUT2D eigenvalue weighted by atomic mass is 19.4. The van der Waals surface area contributed by atoms with Gasteiger partial charge >= 0.3 is 6.18 Å². The third-order valence-corrected chi connectivity index (χ3v) is 3.67. The fraction of sp³-hybridized carbons (Fsp3) is 0.353. The van der Waals surface area contributed by atoms with Crippen LogP contribution in [0.2, 0.25) is 0 Å². The van der Waals surface area contributed by atoms with Crippen molar-refractivity contribution in [2.24, 2.45) is 0 Å². The van der Waals surface area contributed by atoms with Gasteiger partial charge in [-0.25, -0.2) is 0 Å². The zero-order chi connectivity index (χ0) is 21.1. The summed E-state index contributed by atoms with van der Waals surface area (Å²) in [5, 5.41) is 5.83. The van der Waals surface area contributed by atoms with Crippen LogP contribution < -0.4 is 14.8 Å². The van der Waals surface area contributed by atoms with Crippen molar-refractivity contribution in [3.05, 3.63) is 35.7 Å². The Balaban J connectivity index is 2.29. The highest BCUT2D eigenvalue weighted by Gasteiger charge is 2.33. The maximum atomic E-state index is 12.6. The van der Waals surface area contributed by atoms with E-state index in [9.17, 15) is 22.8 Å². The third-order valence-electron chi connectivity index (χ3n) is 3.67. The number of anilines is 1. The van der Waals surface area contributed by atoms with Gasteiger partial charge in [0.2, 0.25) is 5.91 Å². The predicted octanol–water partition coefficient (Wildman–Crippen LogP) is 2.26. The Morgan fingerprint density at radius 2 is 1.79 bits per heavy atom. The highest BCUT2D eigenvalue weighted by molar-refractivity contribution is 6.04. The van der Waals surface area contributed by atoms with Crippen LogP contribution in [0.3, 0.4) is 0 Å².